The highest BCUT2D eigenvalue weighted by Crippen LogP contribution is 2.10. The number of aryl methyl sites for hydroxylation is 1. The van der Waals surface area contributed by atoms with E-state index in [1.165, 1.54) is 5.56 Å². The van der Waals surface area contributed by atoms with Crippen molar-refractivity contribution in [3.63, 3.8) is 0 Å². The molecule has 1 aromatic carbocycles. The predicted molar refractivity (Wildman–Crippen MR) is 76.4 cm³/mol. The predicted octanol–water partition coefficient (Wildman–Crippen LogP) is 2.63. The molecule has 0 aliphatic rings. The second-order valence-electron chi connectivity index (χ2n) is 4.23. The van der Waals surface area contributed by atoms with Crippen LogP contribution in [0, 0.1) is 0 Å². The van der Waals surface area contributed by atoms with Gasteiger partial charge in [0.25, 0.3) is 0 Å². The van der Waals surface area contributed by atoms with Gasteiger partial charge in [-0.2, -0.15) is 0 Å². The van der Waals surface area contributed by atoms with E-state index in [4.69, 9.17) is 9.47 Å². The van der Waals surface area contributed by atoms with Crippen LogP contribution in [0.3, 0.4) is 0 Å². The quantitative estimate of drug-likeness (QED) is 0.551. The van der Waals surface area contributed by atoms with Gasteiger partial charge in [0.15, 0.2) is 0 Å². The molecule has 1 rings (SSSR count). The van der Waals surface area contributed by atoms with Gasteiger partial charge < -0.3 is 14.8 Å². The molecule has 19 heavy (non-hydrogen) atoms. The van der Waals surface area contributed by atoms with Crippen molar-refractivity contribution in [2.45, 2.75) is 26.7 Å². The van der Waals surface area contributed by atoms with E-state index in [0.717, 1.165) is 18.5 Å². The molecular formula is C15H23NO3. The minimum Gasteiger partial charge on any atom is -0.464 e. The van der Waals surface area contributed by atoms with Gasteiger partial charge in [0.1, 0.15) is 6.61 Å². The van der Waals surface area contributed by atoms with Crippen LogP contribution < -0.4 is 5.32 Å². The van der Waals surface area contributed by atoms with E-state index >= 15 is 0 Å². The maximum Gasteiger partial charge on any atom is 0.332 e. The summed E-state index contributed by atoms with van der Waals surface area (Å²) >= 11 is 0. The summed E-state index contributed by atoms with van der Waals surface area (Å²) in [5.41, 5.74) is 2.42. The number of benzene rings is 1. The second-order valence-corrected chi connectivity index (χ2v) is 4.23. The molecule has 106 valence electrons. The maximum absolute atomic E-state index is 11.0. The van der Waals surface area contributed by atoms with Crippen LogP contribution in [0.15, 0.2) is 24.3 Å². The zero-order valence-corrected chi connectivity index (χ0v) is 11.8. The lowest BCUT2D eigenvalue weighted by molar-refractivity contribution is -0.148. The fourth-order valence-corrected chi connectivity index (χ4v) is 1.70. The van der Waals surface area contributed by atoms with E-state index in [9.17, 15) is 4.79 Å². The van der Waals surface area contributed by atoms with Crippen molar-refractivity contribution in [3.8, 4) is 0 Å². The second kappa shape index (κ2) is 9.39. The van der Waals surface area contributed by atoms with Crippen molar-refractivity contribution in [1.82, 2.24) is 0 Å². The zero-order valence-electron chi connectivity index (χ0n) is 11.8. The number of carbonyl (C=O) groups is 1. The van der Waals surface area contributed by atoms with E-state index in [2.05, 4.69) is 36.5 Å². The van der Waals surface area contributed by atoms with E-state index in [1.807, 2.05) is 0 Å². The highest BCUT2D eigenvalue weighted by molar-refractivity contribution is 5.70. The van der Waals surface area contributed by atoms with Crippen molar-refractivity contribution >= 4 is 11.7 Å². The van der Waals surface area contributed by atoms with Crippen LogP contribution in [0.5, 0.6) is 0 Å². The summed E-state index contributed by atoms with van der Waals surface area (Å²) in [7, 11) is 0. The average molecular weight is 265 g/mol. The monoisotopic (exact) mass is 265 g/mol. The van der Waals surface area contributed by atoms with E-state index in [1.54, 1.807) is 6.92 Å². The normalized spacial score (nSPS) is 10.2. The molecule has 4 nitrogen and oxygen atoms in total. The van der Waals surface area contributed by atoms with Crippen LogP contribution >= 0.6 is 0 Å². The number of carbonyl (C=O) groups excluding carboxylic acids is 1. The Morgan fingerprint density at radius 3 is 2.58 bits per heavy atom. The largest absolute Gasteiger partial charge is 0.464 e. The Morgan fingerprint density at radius 1 is 1.21 bits per heavy atom. The van der Waals surface area contributed by atoms with Gasteiger partial charge in [0.05, 0.1) is 13.2 Å². The first-order valence-corrected chi connectivity index (χ1v) is 6.82. The van der Waals surface area contributed by atoms with E-state index < -0.39 is 0 Å². The molecule has 0 aromatic heterocycles. The first kappa shape index (κ1) is 15.5. The molecule has 0 amide bonds. The summed E-state index contributed by atoms with van der Waals surface area (Å²) in [6.45, 7) is 5.52. The minimum absolute atomic E-state index is 0.0188. The van der Waals surface area contributed by atoms with Gasteiger partial charge in [0.2, 0.25) is 0 Å². The summed E-state index contributed by atoms with van der Waals surface area (Å²) in [6, 6.07) is 8.39. The molecule has 0 saturated carbocycles. The molecule has 0 aliphatic carbocycles. The smallest absolute Gasteiger partial charge is 0.332 e. The summed E-state index contributed by atoms with van der Waals surface area (Å²) < 4.78 is 9.95. The molecule has 4 heteroatoms. The molecule has 0 spiro atoms. The zero-order chi connectivity index (χ0) is 13.9. The van der Waals surface area contributed by atoms with Crippen LogP contribution in [0.1, 0.15) is 25.8 Å². The molecule has 1 N–H and O–H groups in total. The van der Waals surface area contributed by atoms with Gasteiger partial charge in [-0.05, 0) is 31.0 Å². The fourth-order valence-electron chi connectivity index (χ4n) is 1.70. The lowest BCUT2D eigenvalue weighted by atomic mass is 10.1. The Labute approximate surface area is 115 Å². The van der Waals surface area contributed by atoms with E-state index in [-0.39, 0.29) is 12.6 Å². The Bertz CT molecular complexity index is 362. The first-order chi connectivity index (χ1) is 9.26. The third kappa shape index (κ3) is 6.82. The topological polar surface area (TPSA) is 47.6 Å². The van der Waals surface area contributed by atoms with Crippen LogP contribution in [-0.4, -0.2) is 32.3 Å². The molecule has 0 atom stereocenters. The summed E-state index contributed by atoms with van der Waals surface area (Å²) in [5.74, 6) is -0.314. The lowest BCUT2D eigenvalue weighted by Gasteiger charge is -2.08. The van der Waals surface area contributed by atoms with Crippen molar-refractivity contribution in [3.05, 3.63) is 29.8 Å². The van der Waals surface area contributed by atoms with Crippen LogP contribution in [0.2, 0.25) is 0 Å². The molecule has 0 radical (unpaired) electrons. The van der Waals surface area contributed by atoms with Gasteiger partial charge in [-0.3, -0.25) is 0 Å². The maximum atomic E-state index is 11.0. The number of hydrogen-bond acceptors (Lipinski definition) is 4. The molecule has 0 bridgehead atoms. The van der Waals surface area contributed by atoms with Crippen molar-refractivity contribution in [2.75, 3.05) is 31.7 Å². The Kier molecular flexibility index (Phi) is 7.66. The first-order valence-electron chi connectivity index (χ1n) is 6.82. The Hall–Kier alpha value is -1.55. The minimum atomic E-state index is -0.314. The number of rotatable bonds is 9. The SMILES string of the molecule is CCCc1ccc(NCCOCC(=O)OCC)cc1. The summed E-state index contributed by atoms with van der Waals surface area (Å²) in [4.78, 5) is 11.0. The van der Waals surface area contributed by atoms with Crippen molar-refractivity contribution < 1.29 is 14.3 Å². The van der Waals surface area contributed by atoms with Gasteiger partial charge in [-0.1, -0.05) is 25.5 Å². The Balaban J connectivity index is 2.13. The fraction of sp³-hybridized carbons (Fsp3) is 0.533. The number of esters is 1. The van der Waals surface area contributed by atoms with E-state index in [0.29, 0.717) is 19.8 Å². The van der Waals surface area contributed by atoms with Gasteiger partial charge >= 0.3 is 5.97 Å². The third-order valence-electron chi connectivity index (χ3n) is 2.59. The molecule has 1 aromatic rings. The van der Waals surface area contributed by atoms with Crippen LogP contribution in [0.4, 0.5) is 5.69 Å². The molecule has 0 heterocycles. The number of anilines is 1. The molecule has 0 saturated heterocycles. The highest BCUT2D eigenvalue weighted by Gasteiger charge is 2.00. The molecular weight excluding hydrogens is 242 g/mol. The number of nitrogens with one attached hydrogen (secondary N) is 1. The standard InChI is InChI=1S/C15H23NO3/c1-3-5-13-6-8-14(9-7-13)16-10-11-18-12-15(17)19-4-2/h6-9,16H,3-5,10-12H2,1-2H3. The van der Waals surface area contributed by atoms with Gasteiger partial charge in [-0.15, -0.1) is 0 Å². The molecule has 0 fully saturated rings. The van der Waals surface area contributed by atoms with Crippen LogP contribution in [0.25, 0.3) is 0 Å². The average Bonchev–Trinajstić information content (AvgIpc) is 2.41. The van der Waals surface area contributed by atoms with Gasteiger partial charge in [-0.25, -0.2) is 4.79 Å². The summed E-state index contributed by atoms with van der Waals surface area (Å²) in [5, 5.41) is 3.24. The highest BCUT2D eigenvalue weighted by atomic mass is 16.6. The molecule has 0 aliphatic heterocycles. The van der Waals surface area contributed by atoms with Crippen LogP contribution in [-0.2, 0) is 20.7 Å². The summed E-state index contributed by atoms with van der Waals surface area (Å²) in [6.07, 6.45) is 2.28. The Morgan fingerprint density at radius 2 is 1.95 bits per heavy atom. The third-order valence-corrected chi connectivity index (χ3v) is 2.59. The van der Waals surface area contributed by atoms with Crippen molar-refractivity contribution in [1.29, 1.82) is 0 Å². The number of ether oxygens (including phenoxy) is 2. The lowest BCUT2D eigenvalue weighted by Crippen LogP contribution is -2.16. The number of hydrogen-bond donors (Lipinski definition) is 1. The molecule has 0 unspecified atom stereocenters. The van der Waals surface area contributed by atoms with Gasteiger partial charge in [0, 0.05) is 12.2 Å². The van der Waals surface area contributed by atoms with Crippen molar-refractivity contribution in [2.24, 2.45) is 0 Å².